The van der Waals surface area contributed by atoms with Gasteiger partial charge in [0.25, 0.3) is 0 Å². The van der Waals surface area contributed by atoms with Crippen LogP contribution in [0.4, 0.5) is 0 Å². The number of aryl methyl sites for hydroxylation is 1. The maximum atomic E-state index is 14.2. The highest BCUT2D eigenvalue weighted by Crippen LogP contribution is 2.42. The third-order valence-electron chi connectivity index (χ3n) is 4.55. The standard InChI is InChI=1S/C22H24NOP/c1-3-22(21-17-11-10-12-18(21)2)23-25(24,19-13-6-4-7-14-19)20-15-8-5-9-16-20/h4-17,22H,3H2,1-2H3,(H,23,24)/t22-/m1/s1. The summed E-state index contributed by atoms with van der Waals surface area (Å²) in [5.74, 6) is 0. The Hall–Kier alpha value is -2.15. The van der Waals surface area contributed by atoms with Gasteiger partial charge in [-0.25, -0.2) is 0 Å². The van der Waals surface area contributed by atoms with E-state index in [1.807, 2.05) is 72.8 Å². The van der Waals surface area contributed by atoms with E-state index in [9.17, 15) is 4.57 Å². The summed E-state index contributed by atoms with van der Waals surface area (Å²) in [6, 6.07) is 27.8. The average Bonchev–Trinajstić information content (AvgIpc) is 2.68. The van der Waals surface area contributed by atoms with E-state index >= 15 is 0 Å². The van der Waals surface area contributed by atoms with E-state index in [1.165, 1.54) is 11.1 Å². The quantitative estimate of drug-likeness (QED) is 0.637. The second kappa shape index (κ2) is 7.82. The highest BCUT2D eigenvalue weighted by atomic mass is 31.2. The first-order valence-electron chi connectivity index (χ1n) is 8.69. The smallest absolute Gasteiger partial charge is 0.205 e. The Morgan fingerprint density at radius 3 is 1.76 bits per heavy atom. The van der Waals surface area contributed by atoms with Crippen molar-refractivity contribution in [2.45, 2.75) is 26.3 Å². The molecule has 1 N–H and O–H groups in total. The molecule has 0 aliphatic rings. The van der Waals surface area contributed by atoms with Crippen molar-refractivity contribution >= 4 is 17.9 Å². The molecule has 0 heterocycles. The van der Waals surface area contributed by atoms with Gasteiger partial charge in [-0.3, -0.25) is 9.65 Å². The van der Waals surface area contributed by atoms with E-state index in [2.05, 4.69) is 31.1 Å². The van der Waals surface area contributed by atoms with Crippen LogP contribution in [0.2, 0.25) is 0 Å². The zero-order valence-corrected chi connectivity index (χ0v) is 15.6. The summed E-state index contributed by atoms with van der Waals surface area (Å²) in [4.78, 5) is 0. The van der Waals surface area contributed by atoms with E-state index in [0.29, 0.717) is 0 Å². The Morgan fingerprint density at radius 1 is 0.800 bits per heavy atom. The van der Waals surface area contributed by atoms with Crippen molar-refractivity contribution in [2.24, 2.45) is 0 Å². The fourth-order valence-corrected chi connectivity index (χ4v) is 5.69. The van der Waals surface area contributed by atoms with E-state index in [1.54, 1.807) is 0 Å². The van der Waals surface area contributed by atoms with Crippen LogP contribution in [0.1, 0.15) is 30.5 Å². The lowest BCUT2D eigenvalue weighted by Crippen LogP contribution is -2.30. The third kappa shape index (κ3) is 3.76. The molecule has 0 aliphatic heterocycles. The molecule has 0 fully saturated rings. The maximum Gasteiger partial charge on any atom is 0.205 e. The number of benzene rings is 3. The van der Waals surface area contributed by atoms with Gasteiger partial charge in [0.2, 0.25) is 7.29 Å². The molecule has 0 spiro atoms. The molecule has 0 saturated heterocycles. The van der Waals surface area contributed by atoms with Crippen LogP contribution >= 0.6 is 7.29 Å². The molecule has 3 rings (SSSR count). The SMILES string of the molecule is CC[C@@H](NP(=O)(c1ccccc1)c1ccccc1)c1ccccc1C. The molecular formula is C22H24NOP. The molecule has 0 aromatic heterocycles. The molecule has 0 unspecified atom stereocenters. The maximum absolute atomic E-state index is 14.2. The van der Waals surface area contributed by atoms with E-state index in [4.69, 9.17) is 0 Å². The van der Waals surface area contributed by atoms with Crippen LogP contribution in [0.15, 0.2) is 84.9 Å². The molecule has 3 heteroatoms. The highest BCUT2D eigenvalue weighted by molar-refractivity contribution is 7.76. The highest BCUT2D eigenvalue weighted by Gasteiger charge is 2.30. The van der Waals surface area contributed by atoms with E-state index < -0.39 is 7.29 Å². The second-order valence-electron chi connectivity index (χ2n) is 6.23. The van der Waals surface area contributed by atoms with Gasteiger partial charge >= 0.3 is 0 Å². The molecular weight excluding hydrogens is 325 g/mol. The topological polar surface area (TPSA) is 29.1 Å². The van der Waals surface area contributed by atoms with E-state index in [-0.39, 0.29) is 6.04 Å². The molecule has 2 nitrogen and oxygen atoms in total. The first-order chi connectivity index (χ1) is 12.1. The summed E-state index contributed by atoms with van der Waals surface area (Å²) in [7, 11) is -2.93. The van der Waals surface area contributed by atoms with Crippen LogP contribution in [0.3, 0.4) is 0 Å². The second-order valence-corrected chi connectivity index (χ2v) is 8.74. The first-order valence-corrected chi connectivity index (χ1v) is 10.4. The predicted octanol–water partition coefficient (Wildman–Crippen LogP) is 4.96. The number of hydrogen-bond donors (Lipinski definition) is 1. The molecule has 0 saturated carbocycles. The fraction of sp³-hybridized carbons (Fsp3) is 0.182. The van der Waals surface area contributed by atoms with Gasteiger partial charge in [-0.2, -0.15) is 0 Å². The lowest BCUT2D eigenvalue weighted by Gasteiger charge is -2.27. The van der Waals surface area contributed by atoms with Crippen LogP contribution in [0.25, 0.3) is 0 Å². The Balaban J connectivity index is 2.07. The van der Waals surface area contributed by atoms with Crippen LogP contribution in [0.5, 0.6) is 0 Å². The van der Waals surface area contributed by atoms with Crippen molar-refractivity contribution < 1.29 is 4.57 Å². The molecule has 3 aromatic carbocycles. The van der Waals surface area contributed by atoms with Crippen molar-refractivity contribution in [2.75, 3.05) is 0 Å². The van der Waals surface area contributed by atoms with Crippen LogP contribution < -0.4 is 15.7 Å². The zero-order valence-electron chi connectivity index (χ0n) is 14.7. The largest absolute Gasteiger partial charge is 0.297 e. The van der Waals surface area contributed by atoms with Crippen molar-refractivity contribution in [1.29, 1.82) is 0 Å². The minimum absolute atomic E-state index is 0.0347. The lowest BCUT2D eigenvalue weighted by molar-refractivity contribution is 0.555. The van der Waals surface area contributed by atoms with Gasteiger partial charge < -0.3 is 0 Å². The summed E-state index contributed by atoms with van der Waals surface area (Å²) in [5, 5.41) is 5.21. The summed E-state index contributed by atoms with van der Waals surface area (Å²) in [5.41, 5.74) is 2.42. The molecule has 25 heavy (non-hydrogen) atoms. The molecule has 1 atom stereocenters. The first kappa shape index (κ1) is 17.7. The van der Waals surface area contributed by atoms with Gasteiger partial charge in [-0.05, 0) is 48.7 Å². The van der Waals surface area contributed by atoms with Gasteiger partial charge in [0.1, 0.15) is 0 Å². The van der Waals surface area contributed by atoms with Crippen LogP contribution in [-0.4, -0.2) is 0 Å². The minimum atomic E-state index is -2.93. The summed E-state index contributed by atoms with van der Waals surface area (Å²) in [6.07, 6.45) is 0.870. The van der Waals surface area contributed by atoms with Crippen molar-refractivity contribution in [1.82, 2.24) is 5.09 Å². The molecule has 0 amide bonds. The molecule has 0 radical (unpaired) electrons. The Labute approximate surface area is 150 Å². The van der Waals surface area contributed by atoms with Crippen LogP contribution in [0, 0.1) is 6.92 Å². The monoisotopic (exact) mass is 349 g/mol. The van der Waals surface area contributed by atoms with Crippen molar-refractivity contribution in [3.8, 4) is 0 Å². The fourth-order valence-electron chi connectivity index (χ4n) is 3.15. The summed E-state index contributed by atoms with van der Waals surface area (Å²) < 4.78 is 14.2. The molecule has 0 bridgehead atoms. The molecule has 3 aromatic rings. The average molecular weight is 349 g/mol. The molecule has 0 aliphatic carbocycles. The predicted molar refractivity (Wildman–Crippen MR) is 107 cm³/mol. The van der Waals surface area contributed by atoms with Crippen molar-refractivity contribution in [3.63, 3.8) is 0 Å². The van der Waals surface area contributed by atoms with E-state index in [0.717, 1.165) is 17.0 Å². The summed E-state index contributed by atoms with van der Waals surface area (Å²) in [6.45, 7) is 4.24. The Morgan fingerprint density at radius 2 is 1.28 bits per heavy atom. The van der Waals surface area contributed by atoms with Gasteiger partial charge in [-0.15, -0.1) is 0 Å². The van der Waals surface area contributed by atoms with Gasteiger partial charge in [-0.1, -0.05) is 67.6 Å². The normalized spacial score (nSPS) is 12.7. The zero-order chi connectivity index (χ0) is 17.7. The summed E-state index contributed by atoms with van der Waals surface area (Å²) >= 11 is 0. The lowest BCUT2D eigenvalue weighted by atomic mass is 10.0. The number of rotatable bonds is 6. The minimum Gasteiger partial charge on any atom is -0.297 e. The number of hydrogen-bond acceptors (Lipinski definition) is 1. The Bertz CT molecular complexity index is 818. The Kier molecular flexibility index (Phi) is 5.53. The van der Waals surface area contributed by atoms with Gasteiger partial charge in [0.05, 0.1) is 0 Å². The van der Waals surface area contributed by atoms with Gasteiger partial charge in [0, 0.05) is 16.7 Å². The number of nitrogens with one attached hydrogen (secondary N) is 1. The van der Waals surface area contributed by atoms with Crippen LogP contribution in [-0.2, 0) is 4.57 Å². The third-order valence-corrected chi connectivity index (χ3v) is 7.28. The van der Waals surface area contributed by atoms with Gasteiger partial charge in [0.15, 0.2) is 0 Å². The molecule has 128 valence electrons. The van der Waals surface area contributed by atoms with Crippen molar-refractivity contribution in [3.05, 3.63) is 96.1 Å².